The molecule has 0 aliphatic carbocycles. The van der Waals surface area contributed by atoms with E-state index >= 15 is 0 Å². The number of sulfonamides is 1. The molecule has 1 aromatic heterocycles. The third-order valence-electron chi connectivity index (χ3n) is 5.72. The number of nitrogens with zero attached hydrogens (tertiary/aromatic N) is 2. The summed E-state index contributed by atoms with van der Waals surface area (Å²) in [6.07, 6.45) is 0. The number of para-hydroxylation sites is 1. The summed E-state index contributed by atoms with van der Waals surface area (Å²) in [5.74, 6) is 1.59. The summed E-state index contributed by atoms with van der Waals surface area (Å²) in [6, 6.07) is 7.40. The molecular weight excluding hydrogens is 392 g/mol. The first-order valence-electron chi connectivity index (χ1n) is 10.0. The highest BCUT2D eigenvalue weighted by Crippen LogP contribution is 2.49. The van der Waals surface area contributed by atoms with Crippen LogP contribution in [0.25, 0.3) is 0 Å². The third kappa shape index (κ3) is 3.58. The van der Waals surface area contributed by atoms with Crippen molar-refractivity contribution in [2.24, 2.45) is 17.8 Å². The average molecular weight is 421 g/mol. The van der Waals surface area contributed by atoms with Crippen LogP contribution in [0.4, 0.5) is 0 Å². The Morgan fingerprint density at radius 1 is 1.28 bits per heavy atom. The van der Waals surface area contributed by atoms with Crippen molar-refractivity contribution >= 4 is 10.0 Å². The van der Waals surface area contributed by atoms with E-state index in [1.807, 2.05) is 24.3 Å². The van der Waals surface area contributed by atoms with E-state index in [-0.39, 0.29) is 22.8 Å². The van der Waals surface area contributed by atoms with Crippen LogP contribution in [0.1, 0.15) is 36.9 Å². The minimum atomic E-state index is -3.78. The van der Waals surface area contributed by atoms with E-state index in [0.717, 1.165) is 11.3 Å². The van der Waals surface area contributed by atoms with Gasteiger partial charge in [0, 0.05) is 30.6 Å². The van der Waals surface area contributed by atoms with Crippen molar-refractivity contribution in [3.05, 3.63) is 41.3 Å². The first-order valence-corrected chi connectivity index (χ1v) is 11.5. The first-order chi connectivity index (χ1) is 13.8. The number of fused-ring (bicyclic) bond motifs is 3. The maximum Gasteiger partial charge on any atom is 0.249 e. The van der Waals surface area contributed by atoms with E-state index in [0.29, 0.717) is 43.7 Å². The Bertz CT molecular complexity index is 965. The Kier molecular flexibility index (Phi) is 5.44. The number of aryl methyl sites for hydroxylation is 2. The van der Waals surface area contributed by atoms with Crippen LogP contribution in [0.15, 0.2) is 33.7 Å². The zero-order chi connectivity index (χ0) is 20.8. The van der Waals surface area contributed by atoms with Gasteiger partial charge in [-0.15, -0.1) is 0 Å². The summed E-state index contributed by atoms with van der Waals surface area (Å²) in [6.45, 7) is 9.54. The molecule has 0 spiro atoms. The van der Waals surface area contributed by atoms with Crippen molar-refractivity contribution in [1.29, 1.82) is 0 Å². The molecule has 7 nitrogen and oxygen atoms in total. The van der Waals surface area contributed by atoms with E-state index in [1.165, 1.54) is 0 Å². The summed E-state index contributed by atoms with van der Waals surface area (Å²) in [5.41, 5.74) is 1.30. The lowest BCUT2D eigenvalue weighted by atomic mass is 9.86. The zero-order valence-corrected chi connectivity index (χ0v) is 18.1. The SMILES string of the molecule is Cc1noc(C)c1S(=O)(=O)N1C[C@@H](COCC(C)C)[C@@H]2COc3ccccc3[C@@H]21. The maximum absolute atomic E-state index is 13.7. The largest absolute Gasteiger partial charge is 0.493 e. The molecule has 1 fully saturated rings. The Morgan fingerprint density at radius 2 is 2.03 bits per heavy atom. The lowest BCUT2D eigenvalue weighted by molar-refractivity contribution is 0.0563. The highest BCUT2D eigenvalue weighted by molar-refractivity contribution is 7.89. The molecule has 1 saturated heterocycles. The van der Waals surface area contributed by atoms with Crippen LogP contribution in [0, 0.1) is 31.6 Å². The molecule has 0 radical (unpaired) electrons. The van der Waals surface area contributed by atoms with Gasteiger partial charge in [0.25, 0.3) is 0 Å². The number of benzene rings is 1. The molecule has 1 aromatic carbocycles. The molecule has 8 heteroatoms. The number of rotatable bonds is 6. The van der Waals surface area contributed by atoms with Gasteiger partial charge in [-0.2, -0.15) is 4.31 Å². The second-order valence-electron chi connectivity index (χ2n) is 8.38. The van der Waals surface area contributed by atoms with Crippen molar-refractivity contribution in [1.82, 2.24) is 9.46 Å². The molecular formula is C21H28N2O5S. The molecule has 2 aromatic rings. The molecule has 4 rings (SSSR count). The smallest absolute Gasteiger partial charge is 0.249 e. The van der Waals surface area contributed by atoms with Gasteiger partial charge in [-0.1, -0.05) is 37.2 Å². The molecule has 3 atom stereocenters. The summed E-state index contributed by atoms with van der Waals surface area (Å²) < 4.78 is 46.0. The number of ether oxygens (including phenoxy) is 2. The van der Waals surface area contributed by atoms with Gasteiger partial charge < -0.3 is 14.0 Å². The fraction of sp³-hybridized carbons (Fsp3) is 0.571. The van der Waals surface area contributed by atoms with E-state index in [1.54, 1.807) is 18.2 Å². The van der Waals surface area contributed by atoms with E-state index < -0.39 is 10.0 Å². The first kappa shape index (κ1) is 20.4. The second kappa shape index (κ2) is 7.74. The molecule has 29 heavy (non-hydrogen) atoms. The predicted octanol–water partition coefficient (Wildman–Crippen LogP) is 3.33. The minimum Gasteiger partial charge on any atom is -0.493 e. The van der Waals surface area contributed by atoms with Crippen LogP contribution in [0.3, 0.4) is 0 Å². The number of aromatic nitrogens is 1. The van der Waals surface area contributed by atoms with Crippen LogP contribution in [0.2, 0.25) is 0 Å². The van der Waals surface area contributed by atoms with E-state index in [2.05, 4.69) is 19.0 Å². The van der Waals surface area contributed by atoms with Crippen molar-refractivity contribution in [3.63, 3.8) is 0 Å². The van der Waals surface area contributed by atoms with Crippen molar-refractivity contribution in [2.45, 2.75) is 38.6 Å². The molecule has 3 heterocycles. The number of hydrogen-bond donors (Lipinski definition) is 0. The molecule has 2 aliphatic rings. The fourth-order valence-electron chi connectivity index (χ4n) is 4.45. The molecule has 0 amide bonds. The molecule has 0 unspecified atom stereocenters. The highest BCUT2D eigenvalue weighted by Gasteiger charge is 2.51. The monoisotopic (exact) mass is 420 g/mol. The standard InChI is InChI=1S/C21H28N2O5S/c1-13(2)10-26-11-16-9-23(29(24,25)21-14(3)22-28-15(21)4)20-17-7-5-6-8-19(17)27-12-18(16)20/h5-8,13,16,18,20H,9-12H2,1-4H3/t16-,18-,20-/m0/s1. The topological polar surface area (TPSA) is 81.9 Å². The van der Waals surface area contributed by atoms with Gasteiger partial charge in [-0.3, -0.25) is 0 Å². The molecule has 158 valence electrons. The molecule has 0 bridgehead atoms. The third-order valence-corrected chi connectivity index (χ3v) is 7.81. The van der Waals surface area contributed by atoms with Gasteiger partial charge in [0.05, 0.1) is 19.3 Å². The summed E-state index contributed by atoms with van der Waals surface area (Å²) >= 11 is 0. The number of hydrogen-bond acceptors (Lipinski definition) is 6. The van der Waals surface area contributed by atoms with Gasteiger partial charge in [0.1, 0.15) is 16.3 Å². The van der Waals surface area contributed by atoms with Crippen molar-refractivity contribution in [3.8, 4) is 5.75 Å². The normalized spacial score (nSPS) is 24.4. The van der Waals surface area contributed by atoms with Crippen LogP contribution in [0.5, 0.6) is 5.75 Å². The quantitative estimate of drug-likeness (QED) is 0.713. The van der Waals surface area contributed by atoms with Crippen LogP contribution in [-0.2, 0) is 14.8 Å². The van der Waals surface area contributed by atoms with Gasteiger partial charge in [0.15, 0.2) is 5.76 Å². The van der Waals surface area contributed by atoms with Crippen LogP contribution in [-0.4, -0.2) is 44.2 Å². The van der Waals surface area contributed by atoms with Crippen LogP contribution >= 0.6 is 0 Å². The minimum absolute atomic E-state index is 0.0345. The lowest BCUT2D eigenvalue weighted by Gasteiger charge is -2.34. The van der Waals surface area contributed by atoms with Crippen molar-refractivity contribution in [2.75, 3.05) is 26.4 Å². The van der Waals surface area contributed by atoms with E-state index in [4.69, 9.17) is 14.0 Å². The van der Waals surface area contributed by atoms with Gasteiger partial charge in [-0.05, 0) is 25.8 Å². The fourth-order valence-corrected chi connectivity index (χ4v) is 6.45. The Labute approximate surface area is 172 Å². The van der Waals surface area contributed by atoms with Gasteiger partial charge in [-0.25, -0.2) is 8.42 Å². The molecule has 0 N–H and O–H groups in total. The predicted molar refractivity (Wildman–Crippen MR) is 107 cm³/mol. The summed E-state index contributed by atoms with van der Waals surface area (Å²) in [7, 11) is -3.78. The highest BCUT2D eigenvalue weighted by atomic mass is 32.2. The second-order valence-corrected chi connectivity index (χ2v) is 10.2. The maximum atomic E-state index is 13.7. The lowest BCUT2D eigenvalue weighted by Crippen LogP contribution is -2.35. The summed E-state index contributed by atoms with van der Waals surface area (Å²) in [4.78, 5) is 0.170. The van der Waals surface area contributed by atoms with Gasteiger partial charge >= 0.3 is 0 Å². The Balaban J connectivity index is 1.73. The summed E-state index contributed by atoms with van der Waals surface area (Å²) in [5, 5.41) is 3.86. The van der Waals surface area contributed by atoms with Crippen LogP contribution < -0.4 is 4.74 Å². The zero-order valence-electron chi connectivity index (χ0n) is 17.3. The van der Waals surface area contributed by atoms with Gasteiger partial charge in [0.2, 0.25) is 10.0 Å². The Morgan fingerprint density at radius 3 is 2.72 bits per heavy atom. The molecule has 2 aliphatic heterocycles. The Hall–Kier alpha value is -1.90. The van der Waals surface area contributed by atoms with E-state index in [9.17, 15) is 8.42 Å². The average Bonchev–Trinajstić information content (AvgIpc) is 3.22. The van der Waals surface area contributed by atoms with Crippen molar-refractivity contribution < 1.29 is 22.4 Å². The molecule has 0 saturated carbocycles.